The van der Waals surface area contributed by atoms with Crippen molar-refractivity contribution in [1.82, 2.24) is 15.5 Å². The molecule has 210 valence electrons. The van der Waals surface area contributed by atoms with Gasteiger partial charge in [-0.15, -0.1) is 0 Å². The van der Waals surface area contributed by atoms with Gasteiger partial charge in [0.05, 0.1) is 0 Å². The van der Waals surface area contributed by atoms with E-state index in [4.69, 9.17) is 5.73 Å². The van der Waals surface area contributed by atoms with Crippen LogP contribution in [-0.2, 0) is 4.79 Å². The molecule has 37 heavy (non-hydrogen) atoms. The van der Waals surface area contributed by atoms with Gasteiger partial charge in [-0.05, 0) is 55.7 Å². The van der Waals surface area contributed by atoms with Crippen molar-refractivity contribution < 1.29 is 14.4 Å². The summed E-state index contributed by atoms with van der Waals surface area (Å²) in [6, 6.07) is 6.31. The highest BCUT2D eigenvalue weighted by Crippen LogP contribution is 2.20. The fraction of sp³-hybridized carbons (Fsp3) is 0.700. The largest absolute Gasteiger partial charge is 0.356 e. The van der Waals surface area contributed by atoms with Crippen LogP contribution in [0.2, 0.25) is 0 Å². The quantitative estimate of drug-likeness (QED) is 0.271. The van der Waals surface area contributed by atoms with Crippen LogP contribution in [0.4, 0.5) is 0 Å². The normalized spacial score (nSPS) is 13.8. The van der Waals surface area contributed by atoms with Gasteiger partial charge in [0.15, 0.2) is 0 Å². The average molecular weight is 517 g/mol. The molecule has 0 radical (unpaired) electrons. The zero-order valence-corrected chi connectivity index (χ0v) is 24.3. The van der Waals surface area contributed by atoms with Gasteiger partial charge in [0.2, 0.25) is 5.91 Å². The van der Waals surface area contributed by atoms with Crippen molar-refractivity contribution in [1.29, 1.82) is 0 Å². The van der Waals surface area contributed by atoms with Crippen LogP contribution in [0.15, 0.2) is 24.3 Å². The molecule has 0 unspecified atom stereocenters. The van der Waals surface area contributed by atoms with Crippen LogP contribution in [0, 0.1) is 17.8 Å². The Hall–Kier alpha value is -2.41. The maximum Gasteiger partial charge on any atom is 0.253 e. The van der Waals surface area contributed by atoms with Gasteiger partial charge in [-0.3, -0.25) is 14.4 Å². The van der Waals surface area contributed by atoms with E-state index in [9.17, 15) is 14.4 Å². The van der Waals surface area contributed by atoms with Crippen molar-refractivity contribution in [2.45, 2.75) is 99.1 Å². The summed E-state index contributed by atoms with van der Waals surface area (Å²) in [5.41, 5.74) is 7.59. The van der Waals surface area contributed by atoms with Gasteiger partial charge in [0.25, 0.3) is 11.8 Å². The Morgan fingerprint density at radius 3 is 2.05 bits per heavy atom. The molecule has 0 fully saturated rings. The van der Waals surface area contributed by atoms with Gasteiger partial charge in [-0.2, -0.15) is 0 Å². The molecule has 0 aliphatic carbocycles. The van der Waals surface area contributed by atoms with E-state index < -0.39 is 0 Å². The molecular formula is C30H52N4O3. The Kier molecular flexibility index (Phi) is 15.1. The molecule has 3 amide bonds. The molecule has 0 aliphatic heterocycles. The number of carbonyl (C=O) groups excluding carboxylic acids is 3. The van der Waals surface area contributed by atoms with Gasteiger partial charge < -0.3 is 21.3 Å². The Morgan fingerprint density at radius 2 is 1.51 bits per heavy atom. The second-order valence-corrected chi connectivity index (χ2v) is 10.8. The van der Waals surface area contributed by atoms with Gasteiger partial charge in [0, 0.05) is 48.8 Å². The zero-order chi connectivity index (χ0) is 28.0. The summed E-state index contributed by atoms with van der Waals surface area (Å²) in [6.45, 7) is 16.4. The predicted octanol–water partition coefficient (Wildman–Crippen LogP) is 5.00. The van der Waals surface area contributed by atoms with Crippen molar-refractivity contribution in [3.63, 3.8) is 0 Å². The monoisotopic (exact) mass is 516 g/mol. The SMILES string of the molecule is CCCN(CCC)C(=O)c1cccc(C(=O)N[C@@H](CC(CC)CC)[C@@H](N)C[C@@H](C)C(=O)NCC(C)C)c1. The standard InChI is InChI=1S/C30H52N4O3/c1-8-15-34(16-9-2)30(37)25-14-12-13-24(19-25)29(36)33-27(18-23(10-3)11-4)26(31)17-22(7)28(35)32-20-21(5)6/h12-14,19,21-23,26-27H,8-11,15-18,20,31H2,1-7H3,(H,32,35)(H,33,36)/t22-,26+,27+/m1/s1. The first-order valence-corrected chi connectivity index (χ1v) is 14.3. The third-order valence-corrected chi connectivity index (χ3v) is 6.98. The van der Waals surface area contributed by atoms with Crippen LogP contribution in [0.3, 0.4) is 0 Å². The molecule has 0 bridgehead atoms. The zero-order valence-electron chi connectivity index (χ0n) is 24.3. The van der Waals surface area contributed by atoms with Gasteiger partial charge in [-0.25, -0.2) is 0 Å². The van der Waals surface area contributed by atoms with Crippen LogP contribution in [0.5, 0.6) is 0 Å². The second kappa shape index (κ2) is 17.2. The van der Waals surface area contributed by atoms with E-state index in [1.807, 2.05) is 11.8 Å². The third-order valence-electron chi connectivity index (χ3n) is 6.98. The Labute approximate surface area is 225 Å². The average Bonchev–Trinajstić information content (AvgIpc) is 2.88. The maximum absolute atomic E-state index is 13.3. The van der Waals surface area contributed by atoms with Crippen LogP contribution >= 0.6 is 0 Å². The molecule has 0 saturated heterocycles. The number of nitrogens with one attached hydrogen (secondary N) is 2. The van der Waals surface area contributed by atoms with E-state index in [1.54, 1.807) is 24.3 Å². The number of nitrogens with zero attached hydrogens (tertiary/aromatic N) is 1. The maximum atomic E-state index is 13.3. The summed E-state index contributed by atoms with van der Waals surface area (Å²) >= 11 is 0. The minimum atomic E-state index is -0.362. The first-order valence-electron chi connectivity index (χ1n) is 14.3. The van der Waals surface area contributed by atoms with E-state index in [2.05, 4.69) is 52.2 Å². The Bertz CT molecular complexity index is 832. The number of carbonyl (C=O) groups is 3. The fourth-order valence-electron chi connectivity index (χ4n) is 4.56. The van der Waals surface area contributed by atoms with Crippen molar-refractivity contribution in [3.8, 4) is 0 Å². The molecule has 0 saturated carbocycles. The van der Waals surface area contributed by atoms with Crippen LogP contribution in [-0.4, -0.2) is 54.3 Å². The molecule has 0 aromatic heterocycles. The van der Waals surface area contributed by atoms with Gasteiger partial charge in [0.1, 0.15) is 0 Å². The predicted molar refractivity (Wildman–Crippen MR) is 152 cm³/mol. The molecule has 1 rings (SSSR count). The number of nitrogens with two attached hydrogens (primary N) is 1. The molecule has 1 aromatic carbocycles. The molecular weight excluding hydrogens is 464 g/mol. The third kappa shape index (κ3) is 11.2. The lowest BCUT2D eigenvalue weighted by Gasteiger charge is -2.30. The van der Waals surface area contributed by atoms with E-state index in [0.717, 1.165) is 32.1 Å². The van der Waals surface area contributed by atoms with E-state index in [-0.39, 0.29) is 35.7 Å². The molecule has 4 N–H and O–H groups in total. The summed E-state index contributed by atoms with van der Waals surface area (Å²) in [6.07, 6.45) is 4.99. The summed E-state index contributed by atoms with van der Waals surface area (Å²) in [5.74, 6) is 0.252. The van der Waals surface area contributed by atoms with Crippen molar-refractivity contribution in [2.75, 3.05) is 19.6 Å². The van der Waals surface area contributed by atoms with Gasteiger partial charge >= 0.3 is 0 Å². The van der Waals surface area contributed by atoms with E-state index >= 15 is 0 Å². The molecule has 1 aromatic rings. The van der Waals surface area contributed by atoms with Crippen molar-refractivity contribution >= 4 is 17.7 Å². The van der Waals surface area contributed by atoms with Crippen LogP contribution < -0.4 is 16.4 Å². The summed E-state index contributed by atoms with van der Waals surface area (Å²) < 4.78 is 0. The minimum Gasteiger partial charge on any atom is -0.356 e. The number of hydrogen-bond acceptors (Lipinski definition) is 4. The minimum absolute atomic E-state index is 0.00770. The number of rotatable bonds is 17. The van der Waals surface area contributed by atoms with Crippen LogP contribution in [0.1, 0.15) is 108 Å². The highest BCUT2D eigenvalue weighted by atomic mass is 16.2. The summed E-state index contributed by atoms with van der Waals surface area (Å²) in [7, 11) is 0. The first kappa shape index (κ1) is 32.6. The number of benzene rings is 1. The summed E-state index contributed by atoms with van der Waals surface area (Å²) in [5, 5.41) is 6.13. The smallest absolute Gasteiger partial charge is 0.253 e. The highest BCUT2D eigenvalue weighted by molar-refractivity contribution is 5.99. The van der Waals surface area contributed by atoms with Crippen molar-refractivity contribution in [2.24, 2.45) is 23.5 Å². The van der Waals surface area contributed by atoms with E-state index in [1.165, 1.54) is 0 Å². The molecule has 0 aliphatic rings. The number of hydrogen-bond donors (Lipinski definition) is 3. The topological polar surface area (TPSA) is 105 Å². The second-order valence-electron chi connectivity index (χ2n) is 10.8. The molecule has 0 spiro atoms. The lowest BCUT2D eigenvalue weighted by molar-refractivity contribution is -0.125. The first-order chi connectivity index (χ1) is 17.6. The van der Waals surface area contributed by atoms with E-state index in [0.29, 0.717) is 49.0 Å². The Morgan fingerprint density at radius 1 is 0.919 bits per heavy atom. The van der Waals surface area contributed by atoms with Crippen molar-refractivity contribution in [3.05, 3.63) is 35.4 Å². The lowest BCUT2D eigenvalue weighted by atomic mass is 9.87. The molecule has 3 atom stereocenters. The molecule has 7 nitrogen and oxygen atoms in total. The van der Waals surface area contributed by atoms with Crippen LogP contribution in [0.25, 0.3) is 0 Å². The van der Waals surface area contributed by atoms with Gasteiger partial charge in [-0.1, -0.05) is 67.4 Å². The Balaban J connectivity index is 3.04. The summed E-state index contributed by atoms with van der Waals surface area (Å²) in [4.78, 5) is 40.8. The number of amides is 3. The molecule has 7 heteroatoms. The fourth-order valence-corrected chi connectivity index (χ4v) is 4.56. The lowest BCUT2D eigenvalue weighted by Crippen LogP contribution is -2.50. The molecule has 0 heterocycles. The highest BCUT2D eigenvalue weighted by Gasteiger charge is 2.27.